The molecule has 6 heteroatoms. The summed E-state index contributed by atoms with van der Waals surface area (Å²) in [6.45, 7) is 1.05. The number of nitrogens with one attached hydrogen (secondary N) is 1. The first-order valence-electron chi connectivity index (χ1n) is 5.82. The summed E-state index contributed by atoms with van der Waals surface area (Å²) < 4.78 is 38.6. The molecule has 2 rings (SSSR count). The molecule has 3 nitrogen and oxygen atoms in total. The highest BCUT2D eigenvalue weighted by Gasteiger charge is 2.33. The highest BCUT2D eigenvalue weighted by molar-refractivity contribution is 5.23. The molecule has 0 spiro atoms. The van der Waals surface area contributed by atoms with E-state index in [1.54, 1.807) is 0 Å². The van der Waals surface area contributed by atoms with E-state index in [2.05, 4.69) is 10.4 Å². The number of hydrogen-bond donors (Lipinski definition) is 1. The molecule has 0 fully saturated rings. The van der Waals surface area contributed by atoms with Gasteiger partial charge in [-0.2, -0.15) is 18.3 Å². The van der Waals surface area contributed by atoms with Gasteiger partial charge in [0, 0.05) is 12.7 Å². The van der Waals surface area contributed by atoms with Gasteiger partial charge in [0.1, 0.15) is 0 Å². The lowest BCUT2D eigenvalue weighted by molar-refractivity contribution is -0.141. The van der Waals surface area contributed by atoms with Crippen molar-refractivity contribution in [2.75, 3.05) is 7.05 Å². The maximum Gasteiger partial charge on any atom is 0.435 e. The Morgan fingerprint density at radius 1 is 1.21 bits per heavy atom. The van der Waals surface area contributed by atoms with Crippen LogP contribution in [0.2, 0.25) is 0 Å². The van der Waals surface area contributed by atoms with Crippen LogP contribution in [-0.4, -0.2) is 16.8 Å². The summed E-state index contributed by atoms with van der Waals surface area (Å²) in [6.07, 6.45) is -3.05. The standard InChI is InChI=1S/C13H14F3N3/c1-17-8-10-3-2-4-11(7-10)9-19-6-5-12(18-19)13(14,15)16/h2-7,17H,8-9H2,1H3. The molecule has 0 saturated heterocycles. The van der Waals surface area contributed by atoms with Gasteiger partial charge in [0.25, 0.3) is 0 Å². The second kappa shape index (κ2) is 5.44. The zero-order valence-corrected chi connectivity index (χ0v) is 10.4. The minimum absolute atomic E-state index is 0.327. The van der Waals surface area contributed by atoms with Gasteiger partial charge < -0.3 is 5.32 Å². The average molecular weight is 269 g/mol. The molecule has 0 aliphatic rings. The first kappa shape index (κ1) is 13.6. The van der Waals surface area contributed by atoms with Crippen LogP contribution in [-0.2, 0) is 19.3 Å². The van der Waals surface area contributed by atoms with Crippen LogP contribution in [0.3, 0.4) is 0 Å². The fraction of sp³-hybridized carbons (Fsp3) is 0.308. The number of aromatic nitrogens is 2. The van der Waals surface area contributed by atoms with Gasteiger partial charge in [0.05, 0.1) is 6.54 Å². The predicted octanol–water partition coefficient (Wildman–Crippen LogP) is 2.67. The van der Waals surface area contributed by atoms with Gasteiger partial charge in [-0.05, 0) is 24.2 Å². The Labute approximate surface area is 109 Å². The van der Waals surface area contributed by atoms with Crippen molar-refractivity contribution in [3.63, 3.8) is 0 Å². The average Bonchev–Trinajstić information content (AvgIpc) is 2.78. The Morgan fingerprint density at radius 2 is 1.95 bits per heavy atom. The lowest BCUT2D eigenvalue weighted by Crippen LogP contribution is -2.09. The van der Waals surface area contributed by atoms with Gasteiger partial charge in [0.15, 0.2) is 5.69 Å². The van der Waals surface area contributed by atoms with Crippen molar-refractivity contribution in [3.05, 3.63) is 53.3 Å². The van der Waals surface area contributed by atoms with E-state index in [1.165, 1.54) is 10.9 Å². The molecule has 0 aliphatic heterocycles. The molecule has 1 N–H and O–H groups in total. The summed E-state index contributed by atoms with van der Waals surface area (Å²) in [5, 5.41) is 6.56. The van der Waals surface area contributed by atoms with Crippen LogP contribution in [0, 0.1) is 0 Å². The van der Waals surface area contributed by atoms with Crippen LogP contribution in [0.5, 0.6) is 0 Å². The van der Waals surface area contributed by atoms with Gasteiger partial charge in [-0.25, -0.2) is 0 Å². The zero-order chi connectivity index (χ0) is 13.9. The quantitative estimate of drug-likeness (QED) is 0.924. The summed E-state index contributed by atoms with van der Waals surface area (Å²) >= 11 is 0. The number of alkyl halides is 3. The Bertz CT molecular complexity index is 546. The molecule has 1 aromatic carbocycles. The SMILES string of the molecule is CNCc1cccc(Cn2ccc(C(F)(F)F)n2)c1. The molecule has 1 heterocycles. The fourth-order valence-corrected chi connectivity index (χ4v) is 1.83. The monoisotopic (exact) mass is 269 g/mol. The molecular formula is C13H14F3N3. The molecule has 0 atom stereocenters. The predicted molar refractivity (Wildman–Crippen MR) is 65.5 cm³/mol. The summed E-state index contributed by atoms with van der Waals surface area (Å²) in [7, 11) is 1.84. The molecule has 102 valence electrons. The van der Waals surface area contributed by atoms with E-state index in [0.29, 0.717) is 6.54 Å². The van der Waals surface area contributed by atoms with Crippen molar-refractivity contribution in [2.24, 2.45) is 0 Å². The van der Waals surface area contributed by atoms with E-state index in [-0.39, 0.29) is 0 Å². The summed E-state index contributed by atoms with van der Waals surface area (Å²) in [4.78, 5) is 0. The first-order chi connectivity index (χ1) is 8.99. The maximum atomic E-state index is 12.4. The van der Waals surface area contributed by atoms with Gasteiger partial charge in [-0.3, -0.25) is 4.68 Å². The molecule has 19 heavy (non-hydrogen) atoms. The first-order valence-corrected chi connectivity index (χ1v) is 5.82. The normalized spacial score (nSPS) is 11.8. The van der Waals surface area contributed by atoms with Crippen LogP contribution in [0.15, 0.2) is 36.5 Å². The molecular weight excluding hydrogens is 255 g/mol. The number of benzene rings is 1. The zero-order valence-electron chi connectivity index (χ0n) is 10.4. The van der Waals surface area contributed by atoms with Gasteiger partial charge in [0.2, 0.25) is 0 Å². The smallest absolute Gasteiger partial charge is 0.316 e. The highest BCUT2D eigenvalue weighted by atomic mass is 19.4. The van der Waals surface area contributed by atoms with Crippen molar-refractivity contribution < 1.29 is 13.2 Å². The van der Waals surface area contributed by atoms with E-state index in [1.807, 2.05) is 31.3 Å². The number of rotatable bonds is 4. The van der Waals surface area contributed by atoms with E-state index in [4.69, 9.17) is 0 Å². The van der Waals surface area contributed by atoms with E-state index in [0.717, 1.165) is 23.7 Å². The molecule has 0 bridgehead atoms. The Hall–Kier alpha value is -1.82. The molecule has 0 radical (unpaired) electrons. The van der Waals surface area contributed by atoms with Crippen molar-refractivity contribution in [1.29, 1.82) is 0 Å². The number of halogens is 3. The Kier molecular flexibility index (Phi) is 3.90. The number of nitrogens with zero attached hydrogens (tertiary/aromatic N) is 2. The molecule has 0 aliphatic carbocycles. The molecule has 0 unspecified atom stereocenters. The second-order valence-corrected chi connectivity index (χ2v) is 4.25. The highest BCUT2D eigenvalue weighted by Crippen LogP contribution is 2.27. The van der Waals surface area contributed by atoms with Crippen LogP contribution in [0.4, 0.5) is 13.2 Å². The summed E-state index contributed by atoms with van der Waals surface area (Å²) in [6, 6.07) is 8.65. The summed E-state index contributed by atoms with van der Waals surface area (Å²) in [5.41, 5.74) is 1.15. The second-order valence-electron chi connectivity index (χ2n) is 4.25. The minimum atomic E-state index is -4.39. The topological polar surface area (TPSA) is 29.9 Å². The van der Waals surface area contributed by atoms with Crippen molar-refractivity contribution in [3.8, 4) is 0 Å². The maximum absolute atomic E-state index is 12.4. The van der Waals surface area contributed by atoms with Gasteiger partial charge in [-0.15, -0.1) is 0 Å². The minimum Gasteiger partial charge on any atom is -0.316 e. The Balaban J connectivity index is 2.12. The Morgan fingerprint density at radius 3 is 2.58 bits per heavy atom. The lowest BCUT2D eigenvalue weighted by atomic mass is 10.1. The van der Waals surface area contributed by atoms with E-state index in [9.17, 15) is 13.2 Å². The molecule has 2 aromatic rings. The summed E-state index contributed by atoms with van der Waals surface area (Å²) in [5.74, 6) is 0. The lowest BCUT2D eigenvalue weighted by Gasteiger charge is -2.06. The van der Waals surface area contributed by atoms with Crippen LogP contribution >= 0.6 is 0 Å². The molecule has 0 amide bonds. The van der Waals surface area contributed by atoms with Crippen molar-refractivity contribution >= 4 is 0 Å². The van der Waals surface area contributed by atoms with Crippen LogP contribution in [0.25, 0.3) is 0 Å². The largest absolute Gasteiger partial charge is 0.435 e. The number of hydrogen-bond acceptors (Lipinski definition) is 2. The molecule has 0 saturated carbocycles. The third-order valence-corrected chi connectivity index (χ3v) is 2.65. The molecule has 1 aromatic heterocycles. The van der Waals surface area contributed by atoms with E-state index < -0.39 is 11.9 Å². The van der Waals surface area contributed by atoms with Crippen LogP contribution < -0.4 is 5.32 Å². The third kappa shape index (κ3) is 3.57. The van der Waals surface area contributed by atoms with Gasteiger partial charge >= 0.3 is 6.18 Å². The van der Waals surface area contributed by atoms with E-state index >= 15 is 0 Å². The van der Waals surface area contributed by atoms with Crippen molar-refractivity contribution in [1.82, 2.24) is 15.1 Å². The van der Waals surface area contributed by atoms with Crippen molar-refractivity contribution in [2.45, 2.75) is 19.3 Å². The fourth-order valence-electron chi connectivity index (χ4n) is 1.83. The van der Waals surface area contributed by atoms with Crippen LogP contribution in [0.1, 0.15) is 16.8 Å². The van der Waals surface area contributed by atoms with Gasteiger partial charge in [-0.1, -0.05) is 24.3 Å². The third-order valence-electron chi connectivity index (χ3n) is 2.65.